The molecule has 0 aromatic heterocycles. The molecular weight excluding hydrogens is 294 g/mol. The molecule has 1 heterocycles. The first kappa shape index (κ1) is 16.4. The van der Waals surface area contributed by atoms with Gasteiger partial charge >= 0.3 is 12.1 Å². The largest absolute Gasteiger partial charge is 0.467 e. The molecule has 120 valence electrons. The molecule has 1 amide bonds. The van der Waals surface area contributed by atoms with Crippen molar-refractivity contribution in [3.8, 4) is 0 Å². The Bertz CT molecular complexity index is 434. The van der Waals surface area contributed by atoms with Gasteiger partial charge < -0.3 is 9.47 Å². The zero-order valence-corrected chi connectivity index (χ0v) is 13.9. The number of amides is 1. The predicted octanol–water partition coefficient (Wildman–Crippen LogP) is 2.80. The maximum Gasteiger partial charge on any atom is 0.411 e. The van der Waals surface area contributed by atoms with Crippen LogP contribution in [0.1, 0.15) is 40.0 Å². The van der Waals surface area contributed by atoms with Crippen LogP contribution in [0.3, 0.4) is 0 Å². The molecule has 1 saturated carbocycles. The van der Waals surface area contributed by atoms with Gasteiger partial charge in [0.1, 0.15) is 11.1 Å². The van der Waals surface area contributed by atoms with Crippen molar-refractivity contribution in [3.63, 3.8) is 0 Å². The summed E-state index contributed by atoms with van der Waals surface area (Å²) in [6.07, 6.45) is 1.73. The molecule has 1 aliphatic heterocycles. The van der Waals surface area contributed by atoms with Crippen molar-refractivity contribution in [2.45, 2.75) is 51.2 Å². The number of piperidine rings is 1. The fourth-order valence-electron chi connectivity index (χ4n) is 3.38. The second kappa shape index (κ2) is 5.67. The molecule has 21 heavy (non-hydrogen) atoms. The molecule has 5 nitrogen and oxygen atoms in total. The Balaban J connectivity index is 2.26. The Morgan fingerprint density at radius 1 is 1.38 bits per heavy atom. The van der Waals surface area contributed by atoms with Crippen LogP contribution in [0.25, 0.3) is 0 Å². The van der Waals surface area contributed by atoms with Crippen LogP contribution in [0.2, 0.25) is 0 Å². The molecular formula is C15H24ClNO4. The number of halogens is 1. The Kier molecular flexibility index (Phi) is 4.43. The summed E-state index contributed by atoms with van der Waals surface area (Å²) in [5.74, 6) is 0.675. The van der Waals surface area contributed by atoms with Crippen LogP contribution in [0, 0.1) is 11.8 Å². The molecule has 3 atom stereocenters. The lowest BCUT2D eigenvalue weighted by atomic mass is 9.88. The van der Waals surface area contributed by atoms with Gasteiger partial charge in [0, 0.05) is 12.4 Å². The van der Waals surface area contributed by atoms with Crippen LogP contribution < -0.4 is 0 Å². The van der Waals surface area contributed by atoms with Gasteiger partial charge in [-0.1, -0.05) is 0 Å². The molecule has 2 aliphatic rings. The van der Waals surface area contributed by atoms with E-state index < -0.39 is 17.2 Å². The topological polar surface area (TPSA) is 55.8 Å². The number of rotatable bonds is 4. The normalized spacial score (nSPS) is 30.8. The number of nitrogens with zero attached hydrogens (tertiary/aromatic N) is 1. The molecule has 2 rings (SSSR count). The summed E-state index contributed by atoms with van der Waals surface area (Å²) in [6, 6.07) is 0. The SMILES string of the molecule is COC(=O)C1(CCCCl)[C@H]2C[C@H]2CN1C(=O)OC(C)(C)C. The number of hydrogen-bond acceptors (Lipinski definition) is 4. The third-order valence-corrected chi connectivity index (χ3v) is 4.55. The fourth-order valence-corrected chi connectivity index (χ4v) is 3.52. The summed E-state index contributed by atoms with van der Waals surface area (Å²) in [4.78, 5) is 26.5. The Morgan fingerprint density at radius 3 is 2.57 bits per heavy atom. The number of ether oxygens (including phenoxy) is 2. The van der Waals surface area contributed by atoms with E-state index in [9.17, 15) is 9.59 Å². The number of carbonyl (C=O) groups is 2. The molecule has 6 heteroatoms. The quantitative estimate of drug-likeness (QED) is 0.591. The van der Waals surface area contributed by atoms with E-state index in [0.717, 1.165) is 6.42 Å². The molecule has 0 aromatic rings. The van der Waals surface area contributed by atoms with Gasteiger partial charge in [-0.3, -0.25) is 4.90 Å². The predicted molar refractivity (Wildman–Crippen MR) is 79.2 cm³/mol. The van der Waals surface area contributed by atoms with Crippen molar-refractivity contribution in [3.05, 3.63) is 0 Å². The number of fused-ring (bicyclic) bond motifs is 1. The third-order valence-electron chi connectivity index (χ3n) is 4.28. The van der Waals surface area contributed by atoms with Crippen molar-refractivity contribution >= 4 is 23.7 Å². The lowest BCUT2D eigenvalue weighted by molar-refractivity contribution is -0.155. The van der Waals surface area contributed by atoms with Crippen LogP contribution in [0.5, 0.6) is 0 Å². The van der Waals surface area contributed by atoms with E-state index in [2.05, 4.69) is 0 Å². The molecule has 1 aliphatic carbocycles. The van der Waals surface area contributed by atoms with Crippen molar-refractivity contribution < 1.29 is 19.1 Å². The minimum Gasteiger partial charge on any atom is -0.467 e. The monoisotopic (exact) mass is 317 g/mol. The highest BCUT2D eigenvalue weighted by Crippen LogP contribution is 2.58. The minimum atomic E-state index is -0.892. The average Bonchev–Trinajstić information content (AvgIpc) is 3.09. The third kappa shape index (κ3) is 2.98. The zero-order chi connectivity index (χ0) is 15.8. The Labute approximate surface area is 130 Å². The first-order chi connectivity index (χ1) is 9.76. The Hall–Kier alpha value is -0.970. The molecule has 0 N–H and O–H groups in total. The average molecular weight is 318 g/mol. The van der Waals surface area contributed by atoms with Crippen LogP contribution in [0.15, 0.2) is 0 Å². The van der Waals surface area contributed by atoms with Gasteiger partial charge in [0.2, 0.25) is 0 Å². The summed E-state index contributed by atoms with van der Waals surface area (Å²) in [6.45, 7) is 6.03. The first-order valence-electron chi connectivity index (χ1n) is 7.41. The molecule has 2 fully saturated rings. The smallest absolute Gasteiger partial charge is 0.411 e. The molecule has 1 unspecified atom stereocenters. The minimum absolute atomic E-state index is 0.181. The highest BCUT2D eigenvalue weighted by Gasteiger charge is 2.68. The van der Waals surface area contributed by atoms with Crippen LogP contribution in [-0.4, -0.2) is 47.6 Å². The van der Waals surface area contributed by atoms with Crippen molar-refractivity contribution in [1.29, 1.82) is 0 Å². The van der Waals surface area contributed by atoms with Gasteiger partial charge in [0.25, 0.3) is 0 Å². The van der Waals surface area contributed by atoms with E-state index >= 15 is 0 Å². The summed E-state index contributed by atoms with van der Waals surface area (Å²) in [7, 11) is 1.37. The summed E-state index contributed by atoms with van der Waals surface area (Å²) < 4.78 is 10.5. The van der Waals surface area contributed by atoms with Gasteiger partial charge in [0.05, 0.1) is 7.11 Å². The fraction of sp³-hybridized carbons (Fsp3) is 0.867. The second-order valence-electron chi connectivity index (χ2n) is 6.90. The highest BCUT2D eigenvalue weighted by atomic mass is 35.5. The first-order valence-corrected chi connectivity index (χ1v) is 7.94. The van der Waals surface area contributed by atoms with Gasteiger partial charge in [-0.05, 0) is 51.9 Å². The van der Waals surface area contributed by atoms with E-state index in [1.54, 1.807) is 4.90 Å². The number of methoxy groups -OCH3 is 1. The summed E-state index contributed by atoms with van der Waals surface area (Å²) in [5, 5.41) is 0. The van der Waals surface area contributed by atoms with Crippen molar-refractivity contribution in [2.24, 2.45) is 11.8 Å². The molecule has 0 radical (unpaired) electrons. The number of hydrogen-bond donors (Lipinski definition) is 0. The van der Waals surface area contributed by atoms with Gasteiger partial charge in [0.15, 0.2) is 0 Å². The standard InChI is InChI=1S/C15H24ClNO4/c1-14(2,3)21-13(19)17-9-10-8-11(10)15(17,6-5-7-16)12(18)20-4/h10-11H,5-9H2,1-4H3/t10-,11-,15?/m0/s1. The van der Waals surface area contributed by atoms with Crippen molar-refractivity contribution in [2.75, 3.05) is 19.5 Å². The van der Waals surface area contributed by atoms with E-state index in [0.29, 0.717) is 31.2 Å². The van der Waals surface area contributed by atoms with E-state index in [1.807, 2.05) is 20.8 Å². The van der Waals surface area contributed by atoms with Crippen molar-refractivity contribution in [1.82, 2.24) is 4.90 Å². The van der Waals surface area contributed by atoms with Gasteiger partial charge in [-0.25, -0.2) is 9.59 Å². The van der Waals surface area contributed by atoms with E-state index in [1.165, 1.54) is 7.11 Å². The number of esters is 1. The lowest BCUT2D eigenvalue weighted by Crippen LogP contribution is -2.57. The van der Waals surface area contributed by atoms with Crippen LogP contribution in [0.4, 0.5) is 4.79 Å². The zero-order valence-electron chi connectivity index (χ0n) is 13.1. The highest BCUT2D eigenvalue weighted by molar-refractivity contribution is 6.17. The lowest BCUT2D eigenvalue weighted by Gasteiger charge is -2.39. The summed E-state index contributed by atoms with van der Waals surface area (Å²) >= 11 is 5.80. The van der Waals surface area contributed by atoms with Crippen LogP contribution >= 0.6 is 11.6 Å². The summed E-state index contributed by atoms with van der Waals surface area (Å²) in [5.41, 5.74) is -1.48. The van der Waals surface area contributed by atoms with Gasteiger partial charge in [-0.2, -0.15) is 0 Å². The number of likely N-dealkylation sites (tertiary alicyclic amines) is 1. The molecule has 0 bridgehead atoms. The van der Waals surface area contributed by atoms with Crippen LogP contribution in [-0.2, 0) is 14.3 Å². The Morgan fingerprint density at radius 2 is 2.05 bits per heavy atom. The maximum absolute atomic E-state index is 12.5. The second-order valence-corrected chi connectivity index (χ2v) is 7.28. The maximum atomic E-state index is 12.5. The van der Waals surface area contributed by atoms with Gasteiger partial charge in [-0.15, -0.1) is 11.6 Å². The molecule has 0 aromatic carbocycles. The van der Waals surface area contributed by atoms with E-state index in [4.69, 9.17) is 21.1 Å². The number of alkyl halides is 1. The van der Waals surface area contributed by atoms with E-state index in [-0.39, 0.29) is 11.9 Å². The molecule has 1 saturated heterocycles. The molecule has 0 spiro atoms. The number of carbonyl (C=O) groups excluding carboxylic acids is 2.